The fourth-order valence-corrected chi connectivity index (χ4v) is 5.53. The van der Waals surface area contributed by atoms with Crippen LogP contribution in [-0.2, 0) is 0 Å². The van der Waals surface area contributed by atoms with Crippen molar-refractivity contribution in [1.29, 1.82) is 10.8 Å². The van der Waals surface area contributed by atoms with E-state index in [1.807, 2.05) is 91.0 Å². The highest BCUT2D eigenvalue weighted by Gasteiger charge is 2.21. The third-order valence-corrected chi connectivity index (χ3v) is 8.06. The fraction of sp³-hybridized carbons (Fsp3) is 0. The second-order valence-electron chi connectivity index (χ2n) is 11.4. The maximum atomic E-state index is 8.47. The zero-order chi connectivity index (χ0) is 33.6. The van der Waals surface area contributed by atoms with Crippen molar-refractivity contribution in [3.05, 3.63) is 175 Å². The van der Waals surface area contributed by atoms with Crippen LogP contribution in [0.25, 0.3) is 55.8 Å². The van der Waals surface area contributed by atoms with Crippen LogP contribution < -0.4 is 5.73 Å². The van der Waals surface area contributed by atoms with Crippen molar-refractivity contribution in [3.8, 4) is 33.9 Å². The number of hydrogen-bond acceptors (Lipinski definition) is 7. The van der Waals surface area contributed by atoms with Gasteiger partial charge < -0.3 is 5.73 Å². The third kappa shape index (κ3) is 6.96. The number of pyridine rings is 4. The normalized spacial score (nSPS) is 12.5. The van der Waals surface area contributed by atoms with Crippen molar-refractivity contribution < 1.29 is 0 Å². The van der Waals surface area contributed by atoms with Crippen LogP contribution in [-0.4, -0.2) is 31.4 Å². The number of nitrogens with one attached hydrogen (secondary N) is 2. The van der Waals surface area contributed by atoms with Crippen molar-refractivity contribution in [3.63, 3.8) is 0 Å². The standard InChI is InChI=1S/C26H18N6.C16H13N/c27-19-16-17(20-9-5-11-24(31-20)22-7-1-3-13-29-22)15-18(26(19)28)21-10-6-12-25(32-21)23-8-2-4-14-30-23;17-16-9-7-13(8-10-16)15-6-5-12-3-1-2-4-14(12)11-15/h1-16,27-28H;1-11H,17H2. The first-order valence-electron chi connectivity index (χ1n) is 15.8. The molecule has 0 amide bonds. The molecule has 0 radical (unpaired) electrons. The Bertz CT molecular complexity index is 2360. The molecule has 0 spiro atoms. The van der Waals surface area contributed by atoms with Crippen LogP contribution in [0.3, 0.4) is 0 Å². The summed E-state index contributed by atoms with van der Waals surface area (Å²) in [7, 11) is 0. The van der Waals surface area contributed by atoms with Gasteiger partial charge in [-0.2, -0.15) is 0 Å². The maximum absolute atomic E-state index is 8.47. The first-order chi connectivity index (χ1) is 24.0. The second kappa shape index (κ2) is 13.9. The Morgan fingerprint density at radius 3 is 1.65 bits per heavy atom. The summed E-state index contributed by atoms with van der Waals surface area (Å²) >= 11 is 0. The van der Waals surface area contributed by atoms with E-state index in [1.54, 1.807) is 18.5 Å². The quantitative estimate of drug-likeness (QED) is 0.129. The molecule has 49 heavy (non-hydrogen) atoms. The minimum Gasteiger partial charge on any atom is -0.399 e. The molecule has 4 aromatic heterocycles. The Hall–Kier alpha value is -6.86. The van der Waals surface area contributed by atoms with Crippen LogP contribution in [0.1, 0.15) is 11.4 Å². The average molecular weight is 634 g/mol. The van der Waals surface area contributed by atoms with E-state index >= 15 is 0 Å². The van der Waals surface area contributed by atoms with Crippen molar-refractivity contribution in [2.75, 3.05) is 5.73 Å². The Labute approximate surface area is 284 Å². The molecule has 7 aromatic rings. The molecule has 0 atom stereocenters. The van der Waals surface area contributed by atoms with Gasteiger partial charge in [0.1, 0.15) is 0 Å². The summed E-state index contributed by atoms with van der Waals surface area (Å²) in [6.45, 7) is 0. The topological polar surface area (TPSA) is 125 Å². The molecule has 0 aliphatic heterocycles. The number of anilines is 1. The lowest BCUT2D eigenvalue weighted by molar-refractivity contribution is 1.22. The molecule has 4 N–H and O–H groups in total. The van der Waals surface area contributed by atoms with Gasteiger partial charge in [0.15, 0.2) is 0 Å². The number of fused-ring (bicyclic) bond motifs is 1. The molecule has 0 unspecified atom stereocenters. The number of nitrogens with zero attached hydrogens (tertiary/aromatic N) is 4. The van der Waals surface area contributed by atoms with Gasteiger partial charge in [-0.25, -0.2) is 9.97 Å². The predicted molar refractivity (Wildman–Crippen MR) is 200 cm³/mol. The molecule has 4 heterocycles. The van der Waals surface area contributed by atoms with Gasteiger partial charge in [0.2, 0.25) is 0 Å². The first kappa shape index (κ1) is 30.8. The smallest absolute Gasteiger partial charge is 0.0893 e. The van der Waals surface area contributed by atoms with Gasteiger partial charge in [0, 0.05) is 29.2 Å². The Morgan fingerprint density at radius 2 is 1.00 bits per heavy atom. The lowest BCUT2D eigenvalue weighted by Crippen LogP contribution is -2.17. The van der Waals surface area contributed by atoms with Gasteiger partial charge in [-0.3, -0.25) is 20.8 Å². The summed E-state index contributed by atoms with van der Waals surface area (Å²) in [6.07, 6.45) is 7.00. The van der Waals surface area contributed by atoms with Gasteiger partial charge in [-0.05, 0) is 101 Å². The van der Waals surface area contributed by atoms with Crippen molar-refractivity contribution in [2.24, 2.45) is 0 Å². The highest BCUT2D eigenvalue weighted by molar-refractivity contribution is 6.61. The van der Waals surface area contributed by atoms with Crippen molar-refractivity contribution in [2.45, 2.75) is 0 Å². The van der Waals surface area contributed by atoms with E-state index in [0.717, 1.165) is 34.0 Å². The number of nitrogen functional groups attached to an aromatic ring is 1. The van der Waals surface area contributed by atoms with E-state index in [1.165, 1.54) is 21.9 Å². The molecule has 0 saturated heterocycles. The van der Waals surface area contributed by atoms with Crippen LogP contribution in [0.4, 0.5) is 5.69 Å². The van der Waals surface area contributed by atoms with Crippen LogP contribution in [0.2, 0.25) is 0 Å². The summed E-state index contributed by atoms with van der Waals surface area (Å²) in [4.78, 5) is 18.2. The molecule has 7 heteroatoms. The Balaban J connectivity index is 0.000000186. The van der Waals surface area contributed by atoms with Crippen LogP contribution in [0.5, 0.6) is 0 Å². The van der Waals surface area contributed by atoms with Crippen LogP contribution >= 0.6 is 0 Å². The Morgan fingerprint density at radius 1 is 0.449 bits per heavy atom. The van der Waals surface area contributed by atoms with Gasteiger partial charge in [0.05, 0.1) is 45.6 Å². The summed E-state index contributed by atoms with van der Waals surface area (Å²) in [5.74, 6) is 0. The monoisotopic (exact) mass is 633 g/mol. The van der Waals surface area contributed by atoms with Crippen LogP contribution in [0, 0.1) is 10.8 Å². The van der Waals surface area contributed by atoms with E-state index in [2.05, 4.69) is 64.6 Å². The summed E-state index contributed by atoms with van der Waals surface area (Å²) in [6, 6.07) is 45.6. The molecule has 7 nitrogen and oxygen atoms in total. The summed E-state index contributed by atoms with van der Waals surface area (Å²) in [5, 5.41) is 19.4. The van der Waals surface area contributed by atoms with Crippen LogP contribution in [0.15, 0.2) is 164 Å². The molecule has 1 aliphatic carbocycles. The van der Waals surface area contributed by atoms with Gasteiger partial charge in [-0.1, -0.05) is 72.8 Å². The first-order valence-corrected chi connectivity index (χ1v) is 15.8. The number of allylic oxidation sites excluding steroid dienone is 4. The minimum absolute atomic E-state index is 0.118. The van der Waals surface area contributed by atoms with Crippen molar-refractivity contribution >= 4 is 39.0 Å². The molecular weight excluding hydrogens is 603 g/mol. The Kier molecular flexibility index (Phi) is 8.71. The van der Waals surface area contributed by atoms with E-state index < -0.39 is 0 Å². The highest BCUT2D eigenvalue weighted by Crippen LogP contribution is 2.29. The van der Waals surface area contributed by atoms with Gasteiger partial charge in [-0.15, -0.1) is 0 Å². The molecule has 3 aromatic carbocycles. The lowest BCUT2D eigenvalue weighted by Gasteiger charge is -2.16. The molecule has 0 bridgehead atoms. The zero-order valence-electron chi connectivity index (χ0n) is 26.5. The predicted octanol–water partition coefficient (Wildman–Crippen LogP) is 9.21. The molecule has 234 valence electrons. The number of hydrogen-bond donors (Lipinski definition) is 3. The van der Waals surface area contributed by atoms with E-state index in [0.29, 0.717) is 17.0 Å². The minimum atomic E-state index is 0.118. The molecule has 1 aliphatic rings. The van der Waals surface area contributed by atoms with Gasteiger partial charge in [0.25, 0.3) is 0 Å². The second-order valence-corrected chi connectivity index (χ2v) is 11.4. The number of nitrogens with two attached hydrogens (primary N) is 1. The largest absolute Gasteiger partial charge is 0.399 e. The molecule has 0 fully saturated rings. The fourth-order valence-electron chi connectivity index (χ4n) is 5.53. The van der Waals surface area contributed by atoms with Gasteiger partial charge >= 0.3 is 0 Å². The zero-order valence-corrected chi connectivity index (χ0v) is 26.5. The number of aromatic nitrogens is 4. The molecule has 0 saturated carbocycles. The third-order valence-electron chi connectivity index (χ3n) is 8.06. The molecular formula is C42H31N7. The maximum Gasteiger partial charge on any atom is 0.0893 e. The average Bonchev–Trinajstić information content (AvgIpc) is 3.17. The molecule has 8 rings (SSSR count). The van der Waals surface area contributed by atoms with E-state index in [4.69, 9.17) is 26.5 Å². The number of benzene rings is 3. The SMILES string of the molecule is N=C1C=C(c2cccc(-c3ccccn3)n2)C=C(c2cccc(-c3ccccn3)n2)C1=N.Nc1ccc(-c2ccc3ccccc3c2)cc1. The highest BCUT2D eigenvalue weighted by atomic mass is 14.8. The summed E-state index contributed by atoms with van der Waals surface area (Å²) < 4.78 is 0. The van der Waals surface area contributed by atoms with E-state index in [9.17, 15) is 0 Å². The summed E-state index contributed by atoms with van der Waals surface area (Å²) in [5.41, 5.74) is 14.8. The van der Waals surface area contributed by atoms with E-state index in [-0.39, 0.29) is 11.4 Å². The number of rotatable bonds is 5. The van der Waals surface area contributed by atoms with Crippen molar-refractivity contribution in [1.82, 2.24) is 19.9 Å². The lowest BCUT2D eigenvalue weighted by atomic mass is 9.91.